The molecule has 160 valence electrons. The molecule has 1 aliphatic heterocycles. The molecule has 0 aromatic carbocycles. The lowest BCUT2D eigenvalue weighted by atomic mass is 10.0. The van der Waals surface area contributed by atoms with Crippen molar-refractivity contribution in [3.8, 4) is 0 Å². The number of hydrogen-bond acceptors (Lipinski definition) is 9. The summed E-state index contributed by atoms with van der Waals surface area (Å²) in [7, 11) is -4.39. The zero-order chi connectivity index (χ0) is 21.7. The van der Waals surface area contributed by atoms with Crippen LogP contribution in [0.15, 0.2) is 48.8 Å². The number of hydrogen-bond donors (Lipinski definition) is 1. The number of esters is 2. The molecule has 3 rings (SSSR count). The number of nitrogens with one attached hydrogen (secondary N) is 1. The fourth-order valence-corrected chi connectivity index (χ4v) is 5.68. The maximum atomic E-state index is 13.6. The Morgan fingerprint density at radius 1 is 0.867 bits per heavy atom. The molecule has 1 aliphatic rings. The Morgan fingerprint density at radius 3 is 1.63 bits per heavy atom. The maximum Gasteiger partial charge on any atom is 0.326 e. The van der Waals surface area contributed by atoms with Gasteiger partial charge in [0.1, 0.15) is 0 Å². The molecule has 0 radical (unpaired) electrons. The Kier molecular flexibility index (Phi) is 6.78. The fraction of sp³-hybridized carbons (Fsp3) is 0.400. The zero-order valence-corrected chi connectivity index (χ0v) is 17.4. The van der Waals surface area contributed by atoms with Crippen molar-refractivity contribution < 1.29 is 27.5 Å². The summed E-state index contributed by atoms with van der Waals surface area (Å²) < 4.78 is 37.3. The van der Waals surface area contributed by atoms with E-state index in [-0.39, 0.29) is 13.2 Å². The van der Waals surface area contributed by atoms with Crippen LogP contribution in [-0.2, 0) is 28.9 Å². The van der Waals surface area contributed by atoms with Crippen molar-refractivity contribution in [2.24, 2.45) is 0 Å². The first-order valence-corrected chi connectivity index (χ1v) is 11.2. The van der Waals surface area contributed by atoms with Crippen molar-refractivity contribution in [3.05, 3.63) is 60.2 Å². The second kappa shape index (κ2) is 9.31. The van der Waals surface area contributed by atoms with Crippen molar-refractivity contribution in [1.29, 1.82) is 0 Å². The Balaban J connectivity index is 2.17. The molecule has 9 nitrogen and oxygen atoms in total. The Bertz CT molecular complexity index is 911. The molecule has 0 spiro atoms. The highest BCUT2D eigenvalue weighted by Crippen LogP contribution is 2.38. The number of carbonyl (C=O) groups excluding carboxylic acids is 2. The van der Waals surface area contributed by atoms with E-state index in [1.807, 2.05) is 0 Å². The summed E-state index contributed by atoms with van der Waals surface area (Å²) in [6, 6.07) is 7.88. The Labute approximate surface area is 174 Å². The smallest absolute Gasteiger partial charge is 0.326 e. The van der Waals surface area contributed by atoms with E-state index in [1.54, 1.807) is 50.2 Å². The molecule has 3 heterocycles. The van der Waals surface area contributed by atoms with Crippen molar-refractivity contribution in [1.82, 2.24) is 15.3 Å². The third-order valence-electron chi connectivity index (χ3n) is 4.72. The lowest BCUT2D eigenvalue weighted by molar-refractivity contribution is -0.144. The summed E-state index contributed by atoms with van der Waals surface area (Å²) in [4.78, 5) is 33.9. The SMILES string of the molecule is CCOC(=O)[C@@H]1[C@@H](c2ccccn2)N[C@@H](c2ccccn2)[C@@H](C(=O)OCC)S1(=O)=O. The van der Waals surface area contributed by atoms with Gasteiger partial charge in [0.05, 0.1) is 36.7 Å². The Hall–Kier alpha value is -2.85. The first-order valence-electron chi connectivity index (χ1n) is 9.55. The molecular formula is C20H23N3O6S. The predicted molar refractivity (Wildman–Crippen MR) is 107 cm³/mol. The van der Waals surface area contributed by atoms with Crippen LogP contribution in [0, 0.1) is 0 Å². The van der Waals surface area contributed by atoms with Gasteiger partial charge in [0.2, 0.25) is 0 Å². The number of ether oxygens (including phenoxy) is 2. The van der Waals surface area contributed by atoms with Gasteiger partial charge in [-0.15, -0.1) is 0 Å². The molecule has 0 saturated carbocycles. The highest BCUT2D eigenvalue weighted by Gasteiger charge is 2.57. The van der Waals surface area contributed by atoms with Gasteiger partial charge in [-0.3, -0.25) is 24.9 Å². The second-order valence-electron chi connectivity index (χ2n) is 6.57. The van der Waals surface area contributed by atoms with E-state index in [0.717, 1.165) is 0 Å². The normalized spacial score (nSPS) is 25.3. The monoisotopic (exact) mass is 433 g/mol. The minimum Gasteiger partial charge on any atom is -0.465 e. The number of carbonyl (C=O) groups is 2. The van der Waals surface area contributed by atoms with Crippen LogP contribution in [0.25, 0.3) is 0 Å². The van der Waals surface area contributed by atoms with Crippen LogP contribution in [0.4, 0.5) is 0 Å². The molecule has 0 bridgehead atoms. The van der Waals surface area contributed by atoms with E-state index in [2.05, 4.69) is 15.3 Å². The van der Waals surface area contributed by atoms with Crippen LogP contribution >= 0.6 is 0 Å². The summed E-state index contributed by atoms with van der Waals surface area (Å²) in [6.07, 6.45) is 3.00. The average Bonchev–Trinajstić information content (AvgIpc) is 2.73. The molecule has 1 fully saturated rings. The van der Waals surface area contributed by atoms with E-state index in [1.165, 1.54) is 12.4 Å². The number of aromatic nitrogens is 2. The molecule has 4 atom stereocenters. The molecule has 2 aromatic heterocycles. The van der Waals surface area contributed by atoms with Crippen LogP contribution in [0.3, 0.4) is 0 Å². The molecule has 0 unspecified atom stereocenters. The van der Waals surface area contributed by atoms with E-state index >= 15 is 0 Å². The van der Waals surface area contributed by atoms with E-state index in [4.69, 9.17) is 9.47 Å². The Morgan fingerprint density at radius 2 is 1.30 bits per heavy atom. The minimum atomic E-state index is -4.39. The largest absolute Gasteiger partial charge is 0.465 e. The summed E-state index contributed by atoms with van der Waals surface area (Å²) in [5.74, 6) is -1.90. The molecule has 1 saturated heterocycles. The molecule has 2 aromatic rings. The average molecular weight is 433 g/mol. The van der Waals surface area contributed by atoms with Crippen LogP contribution < -0.4 is 5.32 Å². The second-order valence-corrected chi connectivity index (χ2v) is 8.76. The van der Waals surface area contributed by atoms with Gasteiger partial charge in [-0.1, -0.05) is 12.1 Å². The van der Waals surface area contributed by atoms with Crippen LogP contribution in [0.5, 0.6) is 0 Å². The maximum absolute atomic E-state index is 13.6. The van der Waals surface area contributed by atoms with Gasteiger partial charge >= 0.3 is 11.9 Å². The van der Waals surface area contributed by atoms with Gasteiger partial charge in [0.25, 0.3) is 0 Å². The van der Waals surface area contributed by atoms with Crippen molar-refractivity contribution in [2.45, 2.75) is 36.4 Å². The van der Waals surface area contributed by atoms with Crippen molar-refractivity contribution in [2.75, 3.05) is 13.2 Å². The highest BCUT2D eigenvalue weighted by molar-refractivity contribution is 7.94. The number of rotatable bonds is 6. The van der Waals surface area contributed by atoms with Gasteiger partial charge in [0, 0.05) is 12.4 Å². The molecule has 30 heavy (non-hydrogen) atoms. The number of sulfone groups is 1. The summed E-state index contributed by atoms with van der Waals surface area (Å²) in [5, 5.41) is -0.216. The standard InChI is InChI=1S/C20H23N3O6S/c1-3-28-19(24)17-15(13-9-5-7-11-21-13)23-16(14-10-6-8-12-22-14)18(30(17,26)27)20(25)29-4-2/h5-12,15-18,23H,3-4H2,1-2H3/t15-,16+,17-,18-/m0/s1. The fourth-order valence-electron chi connectivity index (χ4n) is 3.50. The third-order valence-corrected chi connectivity index (χ3v) is 7.07. The van der Waals surface area contributed by atoms with Gasteiger partial charge in [-0.2, -0.15) is 0 Å². The summed E-state index contributed by atoms with van der Waals surface area (Å²) >= 11 is 0. The van der Waals surface area contributed by atoms with Crippen LogP contribution in [-0.4, -0.2) is 54.0 Å². The first kappa shape index (κ1) is 21.8. The first-order chi connectivity index (χ1) is 14.4. The van der Waals surface area contributed by atoms with Gasteiger partial charge in [-0.25, -0.2) is 8.42 Å². The quantitative estimate of drug-likeness (QED) is 0.668. The van der Waals surface area contributed by atoms with Crippen molar-refractivity contribution >= 4 is 21.8 Å². The molecule has 0 amide bonds. The summed E-state index contributed by atoms with van der Waals surface area (Å²) in [6.45, 7) is 3.15. The topological polar surface area (TPSA) is 125 Å². The van der Waals surface area contributed by atoms with E-state index in [0.29, 0.717) is 11.4 Å². The van der Waals surface area contributed by atoms with Crippen LogP contribution in [0.2, 0.25) is 0 Å². The number of pyridine rings is 2. The van der Waals surface area contributed by atoms with Crippen LogP contribution in [0.1, 0.15) is 37.3 Å². The minimum absolute atomic E-state index is 0.00641. The zero-order valence-electron chi connectivity index (χ0n) is 16.6. The predicted octanol–water partition coefficient (Wildman–Crippen LogP) is 1.14. The molecule has 10 heteroatoms. The van der Waals surface area contributed by atoms with Crippen molar-refractivity contribution in [3.63, 3.8) is 0 Å². The highest BCUT2D eigenvalue weighted by atomic mass is 32.2. The molecule has 1 N–H and O–H groups in total. The lowest BCUT2D eigenvalue weighted by Gasteiger charge is -2.39. The molecule has 0 aliphatic carbocycles. The lowest BCUT2D eigenvalue weighted by Crippen LogP contribution is -2.59. The third kappa shape index (κ3) is 4.19. The molecular weight excluding hydrogens is 410 g/mol. The van der Waals surface area contributed by atoms with Gasteiger partial charge in [0.15, 0.2) is 20.3 Å². The van der Waals surface area contributed by atoms with E-state index in [9.17, 15) is 18.0 Å². The number of nitrogens with zero attached hydrogens (tertiary/aromatic N) is 2. The van der Waals surface area contributed by atoms with E-state index < -0.39 is 44.4 Å². The van der Waals surface area contributed by atoms with Gasteiger partial charge in [-0.05, 0) is 38.1 Å². The summed E-state index contributed by atoms with van der Waals surface area (Å²) in [5.41, 5.74) is 0.671. The van der Waals surface area contributed by atoms with Gasteiger partial charge < -0.3 is 9.47 Å².